The van der Waals surface area contributed by atoms with Crippen LogP contribution in [0.5, 0.6) is 0 Å². The van der Waals surface area contributed by atoms with Crippen molar-refractivity contribution in [2.75, 3.05) is 18.6 Å². The predicted octanol–water partition coefficient (Wildman–Crippen LogP) is 2.21. The normalized spacial score (nSPS) is 41.9. The summed E-state index contributed by atoms with van der Waals surface area (Å²) in [7, 11) is -2.91. The van der Waals surface area contributed by atoms with Gasteiger partial charge in [0.25, 0.3) is 0 Å². The molecule has 4 rings (SSSR count). The van der Waals surface area contributed by atoms with E-state index in [9.17, 15) is 13.2 Å². The van der Waals surface area contributed by atoms with Crippen molar-refractivity contribution in [1.82, 2.24) is 10.2 Å². The van der Waals surface area contributed by atoms with E-state index in [1.165, 1.54) is 19.1 Å². The first kappa shape index (κ1) is 19.2. The van der Waals surface area contributed by atoms with Gasteiger partial charge in [-0.1, -0.05) is 0 Å². The zero-order valence-electron chi connectivity index (χ0n) is 15.7. The molecule has 0 radical (unpaired) electrons. The molecule has 3 saturated heterocycles. The maximum atomic E-state index is 12.9. The van der Waals surface area contributed by atoms with Crippen LogP contribution in [0, 0.1) is 5.92 Å². The molecule has 3 heterocycles. The standard InChI is InChI=1S/C19H32N2O3S2/c1-26(23,24)15-7-5-14(6-8-15)21-11-10-13-4-9-16(20-19(13)21)18(22)17-3-2-12-25-17/h13-17,19-20H,2-12H2,1H3. The summed E-state index contributed by atoms with van der Waals surface area (Å²) in [4.78, 5) is 15.4. The van der Waals surface area contributed by atoms with Crippen LogP contribution in [0.4, 0.5) is 0 Å². The van der Waals surface area contributed by atoms with Crippen molar-refractivity contribution in [3.8, 4) is 0 Å². The summed E-state index contributed by atoms with van der Waals surface area (Å²) in [6.45, 7) is 1.09. The molecule has 7 heteroatoms. The van der Waals surface area contributed by atoms with E-state index in [4.69, 9.17) is 0 Å². The van der Waals surface area contributed by atoms with Crippen LogP contribution in [0.2, 0.25) is 0 Å². The zero-order chi connectivity index (χ0) is 18.3. The van der Waals surface area contributed by atoms with Crippen molar-refractivity contribution in [2.24, 2.45) is 5.92 Å². The molecule has 0 amide bonds. The molecule has 5 nitrogen and oxygen atoms in total. The van der Waals surface area contributed by atoms with Crippen LogP contribution in [-0.2, 0) is 14.6 Å². The number of carbonyl (C=O) groups is 1. The first-order chi connectivity index (χ1) is 12.4. The lowest BCUT2D eigenvalue weighted by atomic mass is 9.88. The quantitative estimate of drug-likeness (QED) is 0.780. The van der Waals surface area contributed by atoms with Crippen molar-refractivity contribution in [3.63, 3.8) is 0 Å². The molecule has 1 N–H and O–H groups in total. The van der Waals surface area contributed by atoms with Crippen LogP contribution in [-0.4, -0.2) is 66.4 Å². The first-order valence-corrected chi connectivity index (χ1v) is 13.3. The van der Waals surface area contributed by atoms with Crippen molar-refractivity contribution in [3.05, 3.63) is 0 Å². The molecule has 1 aliphatic carbocycles. The highest BCUT2D eigenvalue weighted by Crippen LogP contribution is 2.38. The molecule has 0 aromatic carbocycles. The van der Waals surface area contributed by atoms with E-state index in [2.05, 4.69) is 10.2 Å². The molecule has 3 aliphatic heterocycles. The third-order valence-corrected chi connectivity index (χ3v) is 10.1. The highest BCUT2D eigenvalue weighted by atomic mass is 32.2. The lowest BCUT2D eigenvalue weighted by Crippen LogP contribution is -2.58. The molecule has 4 unspecified atom stereocenters. The second kappa shape index (κ2) is 7.72. The number of rotatable bonds is 4. The number of likely N-dealkylation sites (tertiary alicyclic amines) is 1. The molecule has 4 aliphatic rings. The topological polar surface area (TPSA) is 66.5 Å². The van der Waals surface area contributed by atoms with E-state index in [1.807, 2.05) is 11.8 Å². The summed E-state index contributed by atoms with van der Waals surface area (Å²) >= 11 is 1.84. The smallest absolute Gasteiger partial charge is 0.162 e. The summed E-state index contributed by atoms with van der Waals surface area (Å²) in [5.41, 5.74) is 0. The Kier molecular flexibility index (Phi) is 5.71. The van der Waals surface area contributed by atoms with Crippen molar-refractivity contribution in [2.45, 2.75) is 86.5 Å². The Hall–Kier alpha value is -0.110. The lowest BCUT2D eigenvalue weighted by Gasteiger charge is -2.42. The SMILES string of the molecule is CS(=O)(=O)C1CCC(N2CCC3CCC(C(=O)C4CCCS4)NC32)CC1. The van der Waals surface area contributed by atoms with Crippen LogP contribution < -0.4 is 5.32 Å². The number of ketones is 1. The zero-order valence-corrected chi connectivity index (χ0v) is 17.4. The highest BCUT2D eigenvalue weighted by molar-refractivity contribution is 8.00. The van der Waals surface area contributed by atoms with Crippen molar-refractivity contribution < 1.29 is 13.2 Å². The fourth-order valence-corrected chi connectivity index (χ4v) is 7.96. The number of hydrogen-bond acceptors (Lipinski definition) is 6. The van der Waals surface area contributed by atoms with Gasteiger partial charge in [0.1, 0.15) is 9.84 Å². The minimum atomic E-state index is -2.91. The van der Waals surface area contributed by atoms with E-state index in [1.54, 1.807) is 0 Å². The minimum absolute atomic E-state index is 0.0276. The lowest BCUT2D eigenvalue weighted by molar-refractivity contribution is -0.122. The number of fused-ring (bicyclic) bond motifs is 1. The van der Waals surface area contributed by atoms with Gasteiger partial charge in [-0.15, -0.1) is 0 Å². The van der Waals surface area contributed by atoms with Gasteiger partial charge in [0.05, 0.1) is 22.7 Å². The Balaban J connectivity index is 1.37. The molecule has 148 valence electrons. The van der Waals surface area contributed by atoms with Gasteiger partial charge in [-0.2, -0.15) is 11.8 Å². The molecular weight excluding hydrogens is 368 g/mol. The van der Waals surface area contributed by atoms with Gasteiger partial charge in [0.15, 0.2) is 5.78 Å². The number of piperidine rings is 1. The molecule has 0 spiro atoms. The van der Waals surface area contributed by atoms with Crippen LogP contribution in [0.25, 0.3) is 0 Å². The van der Waals surface area contributed by atoms with Crippen LogP contribution in [0.15, 0.2) is 0 Å². The number of thioether (sulfide) groups is 1. The van der Waals surface area contributed by atoms with Gasteiger partial charge in [-0.25, -0.2) is 8.42 Å². The summed E-state index contributed by atoms with van der Waals surface area (Å²) in [6.07, 6.45) is 10.8. The summed E-state index contributed by atoms with van der Waals surface area (Å²) in [6, 6.07) is 0.505. The Morgan fingerprint density at radius 1 is 1.04 bits per heavy atom. The second-order valence-corrected chi connectivity index (χ2v) is 12.3. The molecule has 0 aromatic rings. The molecule has 26 heavy (non-hydrogen) atoms. The van der Waals surface area contributed by atoms with Gasteiger partial charge in [-0.05, 0) is 69.5 Å². The Bertz CT molecular complexity index is 625. The maximum Gasteiger partial charge on any atom is 0.162 e. The average molecular weight is 401 g/mol. The van der Waals surface area contributed by atoms with Crippen molar-refractivity contribution in [1.29, 1.82) is 0 Å². The fraction of sp³-hybridized carbons (Fsp3) is 0.947. The Morgan fingerprint density at radius 3 is 2.46 bits per heavy atom. The van der Waals surface area contributed by atoms with Crippen LogP contribution in [0.1, 0.15) is 57.8 Å². The third kappa shape index (κ3) is 3.87. The molecular formula is C19H32N2O3S2. The van der Waals surface area contributed by atoms with Gasteiger partial charge < -0.3 is 0 Å². The molecule has 4 atom stereocenters. The predicted molar refractivity (Wildman–Crippen MR) is 106 cm³/mol. The third-order valence-electron chi connectivity index (χ3n) is 7.07. The van der Waals surface area contributed by atoms with Gasteiger partial charge >= 0.3 is 0 Å². The number of carbonyl (C=O) groups excluding carboxylic acids is 1. The summed E-state index contributed by atoms with van der Waals surface area (Å²) in [5, 5.41) is 3.79. The Morgan fingerprint density at radius 2 is 1.81 bits per heavy atom. The monoisotopic (exact) mass is 400 g/mol. The van der Waals surface area contributed by atoms with E-state index < -0.39 is 9.84 Å². The maximum absolute atomic E-state index is 12.9. The van der Waals surface area contributed by atoms with E-state index in [-0.39, 0.29) is 16.5 Å². The molecule has 1 saturated carbocycles. The fourth-order valence-electron chi connectivity index (χ4n) is 5.55. The minimum Gasteiger partial charge on any atom is -0.297 e. The summed E-state index contributed by atoms with van der Waals surface area (Å²) in [5.74, 6) is 2.21. The van der Waals surface area contributed by atoms with E-state index in [0.29, 0.717) is 23.9 Å². The van der Waals surface area contributed by atoms with E-state index >= 15 is 0 Å². The number of nitrogens with one attached hydrogen (secondary N) is 1. The highest BCUT2D eigenvalue weighted by Gasteiger charge is 2.45. The number of sulfone groups is 1. The number of hydrogen-bond donors (Lipinski definition) is 1. The van der Waals surface area contributed by atoms with Crippen LogP contribution >= 0.6 is 11.8 Å². The number of Topliss-reactive ketones (excluding diaryl/α,β-unsaturated/α-hetero) is 1. The number of nitrogens with zero attached hydrogens (tertiary/aromatic N) is 1. The molecule has 0 aromatic heterocycles. The van der Waals surface area contributed by atoms with Gasteiger partial charge in [0, 0.05) is 18.8 Å². The Labute approximate surface area is 162 Å². The summed E-state index contributed by atoms with van der Waals surface area (Å²) < 4.78 is 23.6. The van der Waals surface area contributed by atoms with Crippen molar-refractivity contribution >= 4 is 27.4 Å². The van der Waals surface area contributed by atoms with E-state index in [0.717, 1.165) is 57.2 Å². The molecule has 4 fully saturated rings. The molecule has 0 bridgehead atoms. The van der Waals surface area contributed by atoms with Gasteiger partial charge in [-0.3, -0.25) is 15.0 Å². The second-order valence-electron chi connectivity index (χ2n) is 8.69. The largest absolute Gasteiger partial charge is 0.297 e. The van der Waals surface area contributed by atoms with Gasteiger partial charge in [0.2, 0.25) is 0 Å². The average Bonchev–Trinajstić information content (AvgIpc) is 3.30. The first-order valence-electron chi connectivity index (χ1n) is 10.3. The van der Waals surface area contributed by atoms with Crippen LogP contribution in [0.3, 0.4) is 0 Å².